The summed E-state index contributed by atoms with van der Waals surface area (Å²) < 4.78 is 0. The third-order valence-corrected chi connectivity index (χ3v) is 4.81. The number of benzene rings is 2. The van der Waals surface area contributed by atoms with E-state index < -0.39 is 0 Å². The van der Waals surface area contributed by atoms with Crippen molar-refractivity contribution in [3.8, 4) is 6.07 Å². The van der Waals surface area contributed by atoms with Crippen molar-refractivity contribution in [1.29, 1.82) is 5.26 Å². The van der Waals surface area contributed by atoms with Crippen LogP contribution in [0.1, 0.15) is 29.5 Å². The van der Waals surface area contributed by atoms with Crippen LogP contribution in [0.3, 0.4) is 0 Å². The summed E-state index contributed by atoms with van der Waals surface area (Å²) >= 11 is 0. The SMILES string of the molecule is N#Cc1ccccc1CC(=O)N1CCC(Cc2ccccc2)CC1. The molecule has 2 aromatic carbocycles. The molecule has 1 saturated heterocycles. The number of carbonyl (C=O) groups is 1. The summed E-state index contributed by atoms with van der Waals surface area (Å²) in [5.74, 6) is 0.790. The van der Waals surface area contributed by atoms with Crippen LogP contribution in [0.5, 0.6) is 0 Å². The third-order valence-electron chi connectivity index (χ3n) is 4.81. The van der Waals surface area contributed by atoms with Gasteiger partial charge in [0, 0.05) is 13.1 Å². The number of rotatable bonds is 4. The molecule has 2 aromatic rings. The summed E-state index contributed by atoms with van der Waals surface area (Å²) in [4.78, 5) is 14.5. The lowest BCUT2D eigenvalue weighted by atomic mass is 9.90. The lowest BCUT2D eigenvalue weighted by molar-refractivity contribution is -0.131. The Hall–Kier alpha value is -2.60. The second-order valence-corrected chi connectivity index (χ2v) is 6.46. The molecule has 0 N–H and O–H groups in total. The summed E-state index contributed by atoms with van der Waals surface area (Å²) in [5.41, 5.74) is 2.81. The smallest absolute Gasteiger partial charge is 0.227 e. The van der Waals surface area contributed by atoms with E-state index in [9.17, 15) is 4.79 Å². The van der Waals surface area contributed by atoms with E-state index in [0.717, 1.165) is 37.9 Å². The Balaban J connectivity index is 1.53. The van der Waals surface area contributed by atoms with Gasteiger partial charge in [-0.15, -0.1) is 0 Å². The predicted molar refractivity (Wildman–Crippen MR) is 94.3 cm³/mol. The van der Waals surface area contributed by atoms with Gasteiger partial charge in [0.15, 0.2) is 0 Å². The van der Waals surface area contributed by atoms with Crippen LogP contribution in [0.4, 0.5) is 0 Å². The predicted octanol–water partition coefficient (Wildman–Crippen LogP) is 3.58. The minimum absolute atomic E-state index is 0.135. The third kappa shape index (κ3) is 4.02. The first kappa shape index (κ1) is 16.3. The fourth-order valence-corrected chi connectivity index (χ4v) is 3.39. The van der Waals surface area contributed by atoms with Gasteiger partial charge in [0.2, 0.25) is 5.91 Å². The van der Waals surface area contributed by atoms with Crippen LogP contribution in [-0.2, 0) is 17.6 Å². The van der Waals surface area contributed by atoms with E-state index in [1.54, 1.807) is 6.07 Å². The number of piperidine rings is 1. The van der Waals surface area contributed by atoms with E-state index in [4.69, 9.17) is 5.26 Å². The Morgan fingerprint density at radius 1 is 1.04 bits per heavy atom. The number of likely N-dealkylation sites (tertiary alicyclic amines) is 1. The van der Waals surface area contributed by atoms with Crippen LogP contribution in [0, 0.1) is 17.2 Å². The highest BCUT2D eigenvalue weighted by Crippen LogP contribution is 2.22. The van der Waals surface area contributed by atoms with Crippen molar-refractivity contribution in [1.82, 2.24) is 4.90 Å². The van der Waals surface area contributed by atoms with Gasteiger partial charge in [0.05, 0.1) is 18.1 Å². The average Bonchev–Trinajstić information content (AvgIpc) is 2.63. The number of hydrogen-bond acceptors (Lipinski definition) is 2. The molecule has 0 spiro atoms. The van der Waals surface area contributed by atoms with Crippen molar-refractivity contribution < 1.29 is 4.79 Å². The van der Waals surface area contributed by atoms with Gasteiger partial charge < -0.3 is 4.90 Å². The van der Waals surface area contributed by atoms with E-state index in [2.05, 4.69) is 30.3 Å². The topological polar surface area (TPSA) is 44.1 Å². The Bertz CT molecular complexity index is 725. The van der Waals surface area contributed by atoms with Crippen molar-refractivity contribution in [2.45, 2.75) is 25.7 Å². The molecule has 1 heterocycles. The van der Waals surface area contributed by atoms with Crippen LogP contribution < -0.4 is 0 Å². The summed E-state index contributed by atoms with van der Waals surface area (Å²) in [5, 5.41) is 9.14. The lowest BCUT2D eigenvalue weighted by Gasteiger charge is -2.32. The van der Waals surface area contributed by atoms with Gasteiger partial charge in [-0.1, -0.05) is 48.5 Å². The van der Waals surface area contributed by atoms with Crippen molar-refractivity contribution in [3.05, 3.63) is 71.3 Å². The number of nitrogens with zero attached hydrogens (tertiary/aromatic N) is 2. The first-order valence-electron chi connectivity index (χ1n) is 8.56. The molecule has 1 aliphatic heterocycles. The summed E-state index contributed by atoms with van der Waals surface area (Å²) in [7, 11) is 0. The van der Waals surface area contributed by atoms with Crippen LogP contribution in [0.25, 0.3) is 0 Å². The monoisotopic (exact) mass is 318 g/mol. The summed E-state index contributed by atoms with van der Waals surface area (Å²) in [6.07, 6.45) is 3.54. The quantitative estimate of drug-likeness (QED) is 0.865. The number of amides is 1. The minimum atomic E-state index is 0.135. The molecule has 3 rings (SSSR count). The molecule has 24 heavy (non-hydrogen) atoms. The molecular formula is C21H22N2O. The maximum atomic E-state index is 12.5. The molecule has 0 aromatic heterocycles. The molecule has 0 atom stereocenters. The molecule has 0 bridgehead atoms. The Kier molecular flexibility index (Phi) is 5.28. The Labute approximate surface area is 143 Å². The number of carbonyl (C=O) groups excluding carboxylic acids is 1. The van der Waals surface area contributed by atoms with Crippen molar-refractivity contribution >= 4 is 5.91 Å². The van der Waals surface area contributed by atoms with E-state index in [-0.39, 0.29) is 5.91 Å². The minimum Gasteiger partial charge on any atom is -0.342 e. The van der Waals surface area contributed by atoms with Crippen molar-refractivity contribution in [3.63, 3.8) is 0 Å². The maximum Gasteiger partial charge on any atom is 0.227 e. The van der Waals surface area contributed by atoms with E-state index in [0.29, 0.717) is 17.9 Å². The van der Waals surface area contributed by atoms with Gasteiger partial charge in [0.1, 0.15) is 0 Å². The standard InChI is InChI=1S/C21H22N2O/c22-16-20-9-5-4-8-19(20)15-21(24)23-12-10-18(11-13-23)14-17-6-2-1-3-7-17/h1-9,18H,10-15H2. The van der Waals surface area contributed by atoms with E-state index in [1.165, 1.54) is 5.56 Å². The van der Waals surface area contributed by atoms with Crippen molar-refractivity contribution in [2.24, 2.45) is 5.92 Å². The number of nitriles is 1. The zero-order valence-corrected chi connectivity index (χ0v) is 13.8. The molecule has 0 unspecified atom stereocenters. The largest absolute Gasteiger partial charge is 0.342 e. The van der Waals surface area contributed by atoms with Gasteiger partial charge in [0.25, 0.3) is 0 Å². The van der Waals surface area contributed by atoms with Gasteiger partial charge >= 0.3 is 0 Å². The molecule has 1 fully saturated rings. The summed E-state index contributed by atoms with van der Waals surface area (Å²) in [6, 6.07) is 20.1. The molecule has 3 heteroatoms. The molecule has 0 aliphatic carbocycles. The molecule has 0 saturated carbocycles. The number of hydrogen-bond donors (Lipinski definition) is 0. The Morgan fingerprint density at radius 3 is 2.42 bits per heavy atom. The average molecular weight is 318 g/mol. The zero-order valence-electron chi connectivity index (χ0n) is 13.8. The molecule has 3 nitrogen and oxygen atoms in total. The normalized spacial score (nSPS) is 15.0. The van der Waals surface area contributed by atoms with Crippen molar-refractivity contribution in [2.75, 3.05) is 13.1 Å². The van der Waals surface area contributed by atoms with Gasteiger partial charge in [-0.3, -0.25) is 4.79 Å². The highest BCUT2D eigenvalue weighted by Gasteiger charge is 2.23. The first-order chi connectivity index (χ1) is 11.8. The molecular weight excluding hydrogens is 296 g/mol. The van der Waals surface area contributed by atoms with Crippen LogP contribution in [-0.4, -0.2) is 23.9 Å². The second kappa shape index (κ2) is 7.79. The molecule has 0 radical (unpaired) electrons. The molecule has 1 amide bonds. The second-order valence-electron chi connectivity index (χ2n) is 6.46. The Morgan fingerprint density at radius 2 is 1.71 bits per heavy atom. The van der Waals surface area contributed by atoms with E-state index >= 15 is 0 Å². The van der Waals surface area contributed by atoms with E-state index in [1.807, 2.05) is 29.2 Å². The lowest BCUT2D eigenvalue weighted by Crippen LogP contribution is -2.39. The van der Waals surface area contributed by atoms with Gasteiger partial charge in [-0.05, 0) is 42.4 Å². The maximum absolute atomic E-state index is 12.5. The van der Waals surface area contributed by atoms with Gasteiger partial charge in [-0.2, -0.15) is 5.26 Å². The van der Waals surface area contributed by atoms with Crippen LogP contribution in [0.2, 0.25) is 0 Å². The van der Waals surface area contributed by atoms with Crippen LogP contribution in [0.15, 0.2) is 54.6 Å². The van der Waals surface area contributed by atoms with Gasteiger partial charge in [-0.25, -0.2) is 0 Å². The molecule has 1 aliphatic rings. The van der Waals surface area contributed by atoms with Crippen LogP contribution >= 0.6 is 0 Å². The zero-order chi connectivity index (χ0) is 16.8. The summed E-state index contributed by atoms with van der Waals surface area (Å²) in [6.45, 7) is 1.65. The highest BCUT2D eigenvalue weighted by atomic mass is 16.2. The molecule has 122 valence electrons. The highest BCUT2D eigenvalue weighted by molar-refractivity contribution is 5.79. The fourth-order valence-electron chi connectivity index (χ4n) is 3.39. The first-order valence-corrected chi connectivity index (χ1v) is 8.56. The fraction of sp³-hybridized carbons (Fsp3) is 0.333.